The first kappa shape index (κ1) is 24.8. The Morgan fingerprint density at radius 1 is 0.971 bits per heavy atom. The first-order chi connectivity index (χ1) is 16.3. The predicted octanol–water partition coefficient (Wildman–Crippen LogP) is 5.61. The number of benzene rings is 1. The first-order valence-corrected chi connectivity index (χ1v) is 13.6. The molecule has 2 fully saturated rings. The molecule has 0 atom stereocenters. The number of aromatic nitrogens is 3. The lowest BCUT2D eigenvalue weighted by molar-refractivity contribution is -0.117. The van der Waals surface area contributed by atoms with E-state index in [2.05, 4.69) is 70.4 Å². The van der Waals surface area contributed by atoms with Crippen molar-refractivity contribution in [3.05, 3.63) is 29.8 Å². The second-order valence-corrected chi connectivity index (χ2v) is 11.5. The van der Waals surface area contributed by atoms with Crippen LogP contribution in [-0.2, 0) is 10.2 Å². The molecular weight excluding hydrogens is 446 g/mol. The third-order valence-corrected chi connectivity index (χ3v) is 7.83. The van der Waals surface area contributed by atoms with Crippen LogP contribution in [-0.4, -0.2) is 38.5 Å². The zero-order valence-corrected chi connectivity index (χ0v) is 21.4. The average Bonchev–Trinajstić information content (AvgIpc) is 3.47. The molecule has 3 amide bonds. The van der Waals surface area contributed by atoms with E-state index < -0.39 is 6.03 Å². The van der Waals surface area contributed by atoms with Crippen LogP contribution in [0.1, 0.15) is 90.2 Å². The maximum absolute atomic E-state index is 12.4. The summed E-state index contributed by atoms with van der Waals surface area (Å²) < 4.78 is 2.22. The number of hydrogen-bond acceptors (Lipinski definition) is 5. The van der Waals surface area contributed by atoms with Crippen LogP contribution in [0.3, 0.4) is 0 Å². The fourth-order valence-corrected chi connectivity index (χ4v) is 5.75. The summed E-state index contributed by atoms with van der Waals surface area (Å²) in [5.41, 5.74) is 2.41. The lowest BCUT2D eigenvalue weighted by Gasteiger charge is -2.26. The second-order valence-electron chi connectivity index (χ2n) is 10.6. The van der Waals surface area contributed by atoms with E-state index in [0.29, 0.717) is 6.04 Å². The minimum absolute atomic E-state index is 0.0913. The third-order valence-electron chi connectivity index (χ3n) is 6.89. The maximum atomic E-state index is 12.4. The molecule has 184 valence electrons. The van der Waals surface area contributed by atoms with Gasteiger partial charge in [-0.15, -0.1) is 10.2 Å². The highest BCUT2D eigenvalue weighted by Gasteiger charge is 2.25. The van der Waals surface area contributed by atoms with Gasteiger partial charge in [-0.05, 0) is 36.7 Å². The molecule has 0 radical (unpaired) electrons. The quantitative estimate of drug-likeness (QED) is 0.522. The Kier molecular flexibility index (Phi) is 7.96. The number of thioether (sulfide) groups is 1. The van der Waals surface area contributed by atoms with Crippen molar-refractivity contribution in [2.45, 2.75) is 101 Å². The molecule has 2 N–H and O–H groups in total. The molecule has 0 spiro atoms. The Hall–Kier alpha value is -2.35. The van der Waals surface area contributed by atoms with Crippen LogP contribution in [0.15, 0.2) is 29.4 Å². The molecule has 1 aromatic carbocycles. The first-order valence-electron chi connectivity index (χ1n) is 12.6. The third kappa shape index (κ3) is 6.20. The van der Waals surface area contributed by atoms with E-state index >= 15 is 0 Å². The fraction of sp³-hybridized carbons (Fsp3) is 0.615. The lowest BCUT2D eigenvalue weighted by atomic mass is 9.86. The molecule has 0 bridgehead atoms. The van der Waals surface area contributed by atoms with E-state index in [1.807, 2.05) is 0 Å². The van der Waals surface area contributed by atoms with Crippen molar-refractivity contribution in [3.63, 3.8) is 0 Å². The Labute approximate surface area is 206 Å². The molecule has 4 rings (SSSR count). The monoisotopic (exact) mass is 483 g/mol. The molecule has 2 saturated carbocycles. The highest BCUT2D eigenvalue weighted by Crippen LogP contribution is 2.36. The van der Waals surface area contributed by atoms with Crippen molar-refractivity contribution < 1.29 is 9.59 Å². The highest BCUT2D eigenvalue weighted by molar-refractivity contribution is 7.99. The summed E-state index contributed by atoms with van der Waals surface area (Å²) in [6, 6.07) is 8.69. The summed E-state index contributed by atoms with van der Waals surface area (Å²) in [6.45, 7) is 6.63. The largest absolute Gasteiger partial charge is 0.335 e. The topological polar surface area (TPSA) is 88.9 Å². The van der Waals surface area contributed by atoms with Crippen molar-refractivity contribution in [3.8, 4) is 11.4 Å². The number of rotatable bonds is 6. The lowest BCUT2D eigenvalue weighted by Crippen LogP contribution is -2.44. The number of carbonyl (C=O) groups excluding carboxylic acids is 2. The highest BCUT2D eigenvalue weighted by atomic mass is 32.2. The summed E-state index contributed by atoms with van der Waals surface area (Å²) in [4.78, 5) is 24.6. The fourth-order valence-electron chi connectivity index (χ4n) is 4.94. The number of amides is 3. The summed E-state index contributed by atoms with van der Waals surface area (Å²) >= 11 is 1.35. The van der Waals surface area contributed by atoms with Gasteiger partial charge in [0, 0.05) is 17.6 Å². The van der Waals surface area contributed by atoms with Crippen LogP contribution in [0.25, 0.3) is 11.4 Å². The van der Waals surface area contributed by atoms with Gasteiger partial charge in [-0.3, -0.25) is 14.7 Å². The van der Waals surface area contributed by atoms with Crippen molar-refractivity contribution in [1.82, 2.24) is 25.4 Å². The Balaban J connectivity index is 1.47. The van der Waals surface area contributed by atoms with E-state index in [9.17, 15) is 9.59 Å². The van der Waals surface area contributed by atoms with Gasteiger partial charge >= 0.3 is 6.03 Å². The smallest absolute Gasteiger partial charge is 0.321 e. The molecule has 0 aliphatic heterocycles. The zero-order chi connectivity index (χ0) is 24.1. The molecule has 2 aromatic rings. The molecule has 1 aromatic heterocycles. The summed E-state index contributed by atoms with van der Waals surface area (Å²) in [6.07, 6.45) is 10.1. The van der Waals surface area contributed by atoms with Gasteiger partial charge in [-0.2, -0.15) is 0 Å². The average molecular weight is 484 g/mol. The molecule has 2 aliphatic rings. The van der Waals surface area contributed by atoms with Gasteiger partial charge in [0.25, 0.3) is 0 Å². The molecule has 0 saturated heterocycles. The number of nitrogens with zero attached hydrogens (tertiary/aromatic N) is 3. The van der Waals surface area contributed by atoms with Crippen LogP contribution in [0.4, 0.5) is 4.79 Å². The van der Waals surface area contributed by atoms with E-state index in [1.165, 1.54) is 36.6 Å². The molecule has 34 heavy (non-hydrogen) atoms. The minimum atomic E-state index is -0.397. The maximum Gasteiger partial charge on any atom is 0.321 e. The van der Waals surface area contributed by atoms with Gasteiger partial charge in [0.2, 0.25) is 5.91 Å². The van der Waals surface area contributed by atoms with E-state index in [4.69, 9.17) is 0 Å². The van der Waals surface area contributed by atoms with Gasteiger partial charge in [0.1, 0.15) is 0 Å². The van der Waals surface area contributed by atoms with Crippen LogP contribution in [0.2, 0.25) is 0 Å². The Bertz CT molecular complexity index is 984. The molecule has 0 unspecified atom stereocenters. The molecule has 7 nitrogen and oxygen atoms in total. The van der Waals surface area contributed by atoms with Crippen molar-refractivity contribution in [2.24, 2.45) is 0 Å². The summed E-state index contributed by atoms with van der Waals surface area (Å²) in [7, 11) is 0. The van der Waals surface area contributed by atoms with Gasteiger partial charge in [0.05, 0.1) is 5.75 Å². The number of carbonyl (C=O) groups is 2. The normalized spacial score (nSPS) is 17.6. The number of hydrogen-bond donors (Lipinski definition) is 2. The van der Waals surface area contributed by atoms with E-state index in [0.717, 1.165) is 55.1 Å². The van der Waals surface area contributed by atoms with Gasteiger partial charge in [0.15, 0.2) is 11.0 Å². The number of urea groups is 1. The zero-order valence-electron chi connectivity index (χ0n) is 20.6. The van der Waals surface area contributed by atoms with Crippen molar-refractivity contribution in [1.29, 1.82) is 0 Å². The molecule has 8 heteroatoms. The minimum Gasteiger partial charge on any atom is -0.335 e. The van der Waals surface area contributed by atoms with Crippen molar-refractivity contribution >= 4 is 23.7 Å². The van der Waals surface area contributed by atoms with Crippen LogP contribution in [0, 0.1) is 0 Å². The standard InChI is InChI=1S/C26H37N5O2S/c1-26(2,3)19-15-13-18(14-16-19)23-29-30-25(31(23)21-11-5-4-6-12-21)34-17-22(32)28-24(33)27-20-9-7-8-10-20/h13-16,20-21H,4-12,17H2,1-3H3,(H2,27,28,32,33). The van der Waals surface area contributed by atoms with Gasteiger partial charge < -0.3 is 5.32 Å². The predicted molar refractivity (Wildman–Crippen MR) is 136 cm³/mol. The molecular formula is C26H37N5O2S. The van der Waals surface area contributed by atoms with Crippen LogP contribution >= 0.6 is 11.8 Å². The van der Waals surface area contributed by atoms with E-state index in [1.54, 1.807) is 0 Å². The summed E-state index contributed by atoms with van der Waals surface area (Å²) in [5.74, 6) is 0.676. The number of imide groups is 1. The van der Waals surface area contributed by atoms with Gasteiger partial charge in [-0.1, -0.05) is 88.9 Å². The van der Waals surface area contributed by atoms with Gasteiger partial charge in [-0.25, -0.2) is 4.79 Å². The molecule has 1 heterocycles. The van der Waals surface area contributed by atoms with E-state index in [-0.39, 0.29) is 23.1 Å². The molecule has 2 aliphatic carbocycles. The van der Waals surface area contributed by atoms with Crippen molar-refractivity contribution in [2.75, 3.05) is 5.75 Å². The number of nitrogens with one attached hydrogen (secondary N) is 2. The van der Waals surface area contributed by atoms with Crippen LogP contribution < -0.4 is 10.6 Å². The Morgan fingerprint density at radius 2 is 1.62 bits per heavy atom. The Morgan fingerprint density at radius 3 is 2.26 bits per heavy atom. The second kappa shape index (κ2) is 10.9. The van der Waals surface area contributed by atoms with Crippen LogP contribution in [0.5, 0.6) is 0 Å². The summed E-state index contributed by atoms with van der Waals surface area (Å²) in [5, 5.41) is 15.1. The SMILES string of the molecule is CC(C)(C)c1ccc(-c2nnc(SCC(=O)NC(=O)NC3CCCC3)n2C2CCCCC2)cc1.